The van der Waals surface area contributed by atoms with Gasteiger partial charge >= 0.3 is 11.9 Å². The first-order valence-corrected chi connectivity index (χ1v) is 5.25. The zero-order valence-electron chi connectivity index (χ0n) is 9.86. The molecule has 0 radical (unpaired) electrons. The molecule has 8 heteroatoms. The molecule has 0 fully saturated rings. The van der Waals surface area contributed by atoms with Crippen LogP contribution < -0.4 is 5.32 Å². The fourth-order valence-electron chi connectivity index (χ4n) is 1.61. The molecule has 5 nitrogen and oxygen atoms in total. The number of nitriles is 1. The van der Waals surface area contributed by atoms with Crippen molar-refractivity contribution in [1.29, 1.82) is 5.26 Å². The summed E-state index contributed by atoms with van der Waals surface area (Å²) in [5, 5.41) is 22.0. The highest BCUT2D eigenvalue weighted by atomic mass is 19.4. The van der Waals surface area contributed by atoms with Crippen LogP contribution in [0, 0.1) is 21.4 Å². The van der Waals surface area contributed by atoms with Crippen molar-refractivity contribution >= 4 is 11.4 Å². The molecule has 0 heterocycles. The van der Waals surface area contributed by atoms with Crippen molar-refractivity contribution in [2.24, 2.45) is 0 Å². The monoisotopic (exact) mass is 273 g/mol. The molecule has 0 aliphatic carbocycles. The smallest absolute Gasteiger partial charge is 0.377 e. The minimum absolute atomic E-state index is 0.0965. The standard InChI is InChI=1S/C11H10F3N3O2/c1-7(5-11(12,13)14)16-9-4-2-3-8(6-15)10(9)17(18)19/h2-4,7,16H,5H2,1H3. The average Bonchev–Trinajstić information content (AvgIpc) is 2.25. The zero-order valence-corrected chi connectivity index (χ0v) is 9.86. The summed E-state index contributed by atoms with van der Waals surface area (Å²) in [5.41, 5.74) is -0.811. The van der Waals surface area contributed by atoms with Crippen molar-refractivity contribution in [3.8, 4) is 6.07 Å². The number of nitrogens with zero attached hydrogens (tertiary/aromatic N) is 2. The molecule has 0 saturated heterocycles. The first-order valence-electron chi connectivity index (χ1n) is 5.25. The van der Waals surface area contributed by atoms with Gasteiger partial charge in [0.15, 0.2) is 0 Å². The Kier molecular flexibility index (Phi) is 4.32. The molecule has 1 aromatic carbocycles. The number of hydrogen-bond acceptors (Lipinski definition) is 4. The molecule has 1 atom stereocenters. The SMILES string of the molecule is CC(CC(F)(F)F)Nc1cccc(C#N)c1[N+](=O)[O-]. The first kappa shape index (κ1) is 14.8. The Balaban J connectivity index is 3.02. The van der Waals surface area contributed by atoms with Crippen LogP contribution in [0.5, 0.6) is 0 Å². The molecule has 0 aliphatic heterocycles. The number of nitrogens with one attached hydrogen (secondary N) is 1. The van der Waals surface area contributed by atoms with Crippen LogP contribution in [0.3, 0.4) is 0 Å². The largest absolute Gasteiger partial charge is 0.391 e. The molecule has 102 valence electrons. The third-order valence-corrected chi connectivity index (χ3v) is 2.28. The molecular formula is C11H10F3N3O2. The Bertz CT molecular complexity index is 523. The lowest BCUT2D eigenvalue weighted by molar-refractivity contribution is -0.384. The summed E-state index contributed by atoms with van der Waals surface area (Å²) in [5.74, 6) is 0. The summed E-state index contributed by atoms with van der Waals surface area (Å²) in [4.78, 5) is 10.1. The number of benzene rings is 1. The molecule has 1 rings (SSSR count). The fraction of sp³-hybridized carbons (Fsp3) is 0.364. The number of hydrogen-bond donors (Lipinski definition) is 1. The second kappa shape index (κ2) is 5.56. The van der Waals surface area contributed by atoms with E-state index in [1.165, 1.54) is 25.1 Å². The van der Waals surface area contributed by atoms with Crippen LogP contribution in [-0.2, 0) is 0 Å². The lowest BCUT2D eigenvalue weighted by Gasteiger charge is -2.17. The maximum absolute atomic E-state index is 12.2. The lowest BCUT2D eigenvalue weighted by atomic mass is 10.1. The highest BCUT2D eigenvalue weighted by Gasteiger charge is 2.31. The van der Waals surface area contributed by atoms with Crippen molar-refractivity contribution in [2.45, 2.75) is 25.6 Å². The van der Waals surface area contributed by atoms with Gasteiger partial charge in [-0.05, 0) is 19.1 Å². The number of rotatable bonds is 4. The van der Waals surface area contributed by atoms with Crippen LogP contribution in [-0.4, -0.2) is 17.1 Å². The van der Waals surface area contributed by atoms with Crippen LogP contribution in [0.4, 0.5) is 24.5 Å². The Hall–Kier alpha value is -2.30. The van der Waals surface area contributed by atoms with E-state index in [2.05, 4.69) is 5.32 Å². The van der Waals surface area contributed by atoms with Crippen molar-refractivity contribution in [1.82, 2.24) is 0 Å². The van der Waals surface area contributed by atoms with Crippen molar-refractivity contribution < 1.29 is 18.1 Å². The van der Waals surface area contributed by atoms with Crippen LogP contribution >= 0.6 is 0 Å². The summed E-state index contributed by atoms with van der Waals surface area (Å²) in [7, 11) is 0. The molecule has 19 heavy (non-hydrogen) atoms. The maximum Gasteiger partial charge on any atom is 0.391 e. The quantitative estimate of drug-likeness (QED) is 0.674. The molecule has 1 N–H and O–H groups in total. The van der Waals surface area contributed by atoms with Gasteiger partial charge in [0.05, 0.1) is 11.3 Å². The Labute approximate surface area is 106 Å². The van der Waals surface area contributed by atoms with E-state index in [9.17, 15) is 23.3 Å². The minimum Gasteiger partial charge on any atom is -0.377 e. The van der Waals surface area contributed by atoms with E-state index in [1.54, 1.807) is 6.07 Å². The van der Waals surface area contributed by atoms with Gasteiger partial charge in [0, 0.05) is 6.04 Å². The first-order chi connectivity index (χ1) is 8.74. The molecule has 0 spiro atoms. The van der Waals surface area contributed by atoms with Gasteiger partial charge in [0.2, 0.25) is 0 Å². The Morgan fingerprint density at radius 2 is 2.16 bits per heavy atom. The van der Waals surface area contributed by atoms with E-state index in [-0.39, 0.29) is 11.3 Å². The van der Waals surface area contributed by atoms with E-state index >= 15 is 0 Å². The van der Waals surface area contributed by atoms with Crippen molar-refractivity contribution in [3.63, 3.8) is 0 Å². The van der Waals surface area contributed by atoms with Gasteiger partial charge in [0.1, 0.15) is 17.3 Å². The Morgan fingerprint density at radius 1 is 1.53 bits per heavy atom. The maximum atomic E-state index is 12.2. The summed E-state index contributed by atoms with van der Waals surface area (Å²) in [6.07, 6.45) is -5.49. The molecule has 1 aromatic rings. The van der Waals surface area contributed by atoms with E-state index in [4.69, 9.17) is 5.26 Å². The third kappa shape index (κ3) is 4.13. The van der Waals surface area contributed by atoms with Gasteiger partial charge in [-0.3, -0.25) is 10.1 Å². The fourth-order valence-corrected chi connectivity index (χ4v) is 1.61. The van der Waals surface area contributed by atoms with Crippen LogP contribution in [0.25, 0.3) is 0 Å². The number of para-hydroxylation sites is 1. The summed E-state index contributed by atoms with van der Waals surface area (Å²) < 4.78 is 36.6. The van der Waals surface area contributed by atoms with Gasteiger partial charge in [-0.2, -0.15) is 18.4 Å². The summed E-state index contributed by atoms with van der Waals surface area (Å²) in [6, 6.07) is 4.47. The van der Waals surface area contributed by atoms with Crippen molar-refractivity contribution in [3.05, 3.63) is 33.9 Å². The number of anilines is 1. The Morgan fingerprint density at radius 3 is 2.63 bits per heavy atom. The summed E-state index contributed by atoms with van der Waals surface area (Å²) in [6.45, 7) is 1.26. The average molecular weight is 273 g/mol. The van der Waals surface area contributed by atoms with Gasteiger partial charge in [-0.1, -0.05) is 6.07 Å². The van der Waals surface area contributed by atoms with E-state index < -0.39 is 29.2 Å². The lowest BCUT2D eigenvalue weighted by Crippen LogP contribution is -2.24. The predicted octanol–water partition coefficient (Wildman–Crippen LogP) is 3.22. The highest BCUT2D eigenvalue weighted by Crippen LogP contribution is 2.30. The van der Waals surface area contributed by atoms with Crippen LogP contribution in [0.2, 0.25) is 0 Å². The van der Waals surface area contributed by atoms with Gasteiger partial charge in [-0.15, -0.1) is 0 Å². The van der Waals surface area contributed by atoms with Gasteiger partial charge in [0.25, 0.3) is 0 Å². The van der Waals surface area contributed by atoms with Gasteiger partial charge < -0.3 is 5.32 Å². The predicted molar refractivity (Wildman–Crippen MR) is 61.6 cm³/mol. The number of nitro benzene ring substituents is 1. The van der Waals surface area contributed by atoms with E-state index in [1.807, 2.05) is 0 Å². The van der Waals surface area contributed by atoms with E-state index in [0.29, 0.717) is 0 Å². The molecule has 0 bridgehead atoms. The summed E-state index contributed by atoms with van der Waals surface area (Å²) >= 11 is 0. The molecule has 0 aromatic heterocycles. The second-order valence-corrected chi connectivity index (χ2v) is 3.94. The number of halogens is 3. The molecule has 0 saturated carbocycles. The highest BCUT2D eigenvalue weighted by molar-refractivity contribution is 5.68. The zero-order chi connectivity index (χ0) is 14.6. The van der Waals surface area contributed by atoms with Crippen LogP contribution in [0.1, 0.15) is 18.9 Å². The van der Waals surface area contributed by atoms with Gasteiger partial charge in [-0.25, -0.2) is 0 Å². The van der Waals surface area contributed by atoms with Crippen LogP contribution in [0.15, 0.2) is 18.2 Å². The molecule has 1 unspecified atom stereocenters. The molecular weight excluding hydrogens is 263 g/mol. The molecule has 0 amide bonds. The van der Waals surface area contributed by atoms with E-state index in [0.717, 1.165) is 0 Å². The number of alkyl halides is 3. The minimum atomic E-state index is -4.37. The third-order valence-electron chi connectivity index (χ3n) is 2.28. The normalized spacial score (nSPS) is 12.6. The topological polar surface area (TPSA) is 79.0 Å². The second-order valence-electron chi connectivity index (χ2n) is 3.94. The molecule has 0 aliphatic rings. The van der Waals surface area contributed by atoms with Crippen molar-refractivity contribution in [2.75, 3.05) is 5.32 Å². The number of nitro groups is 1.